The molecule has 0 aliphatic heterocycles. The van der Waals surface area contributed by atoms with Gasteiger partial charge in [0.2, 0.25) is 5.91 Å². The quantitative estimate of drug-likeness (QED) is 0.513. The number of aliphatic hydroxyl groups is 1. The van der Waals surface area contributed by atoms with Crippen LogP contribution in [0.25, 0.3) is 0 Å². The third-order valence-electron chi connectivity index (χ3n) is 4.20. The van der Waals surface area contributed by atoms with E-state index in [2.05, 4.69) is 10.6 Å². The molecular formula is C22H26N2O6. The van der Waals surface area contributed by atoms with Gasteiger partial charge < -0.3 is 25.2 Å². The van der Waals surface area contributed by atoms with Crippen molar-refractivity contribution in [3.63, 3.8) is 0 Å². The van der Waals surface area contributed by atoms with Gasteiger partial charge in [-0.15, -0.1) is 0 Å². The van der Waals surface area contributed by atoms with Gasteiger partial charge >= 0.3 is 12.1 Å². The summed E-state index contributed by atoms with van der Waals surface area (Å²) in [6, 6.07) is 16.0. The maximum atomic E-state index is 12.7. The minimum atomic E-state index is -1.22. The van der Waals surface area contributed by atoms with Gasteiger partial charge in [0.1, 0.15) is 12.6 Å². The predicted octanol–water partition coefficient (Wildman–Crippen LogP) is 2.08. The number of rotatable bonds is 10. The fraction of sp³-hybridized carbons (Fsp3) is 0.318. The van der Waals surface area contributed by atoms with Gasteiger partial charge in [-0.2, -0.15) is 0 Å². The number of ether oxygens (including phenoxy) is 2. The number of aliphatic hydroxyl groups excluding tert-OH is 1. The van der Waals surface area contributed by atoms with Crippen molar-refractivity contribution in [2.75, 3.05) is 13.2 Å². The summed E-state index contributed by atoms with van der Waals surface area (Å²) in [5.74, 6) is -1.27. The van der Waals surface area contributed by atoms with Crippen LogP contribution in [0.1, 0.15) is 30.5 Å². The molecule has 30 heavy (non-hydrogen) atoms. The van der Waals surface area contributed by atoms with Gasteiger partial charge in [-0.3, -0.25) is 9.59 Å². The molecule has 2 rings (SSSR count). The highest BCUT2D eigenvalue weighted by atomic mass is 16.5. The van der Waals surface area contributed by atoms with E-state index in [1.165, 1.54) is 0 Å². The van der Waals surface area contributed by atoms with Crippen molar-refractivity contribution < 1.29 is 29.0 Å². The summed E-state index contributed by atoms with van der Waals surface area (Å²) >= 11 is 0. The van der Waals surface area contributed by atoms with Crippen molar-refractivity contribution in [3.05, 3.63) is 71.8 Å². The van der Waals surface area contributed by atoms with E-state index in [0.717, 1.165) is 5.56 Å². The molecule has 8 heteroatoms. The predicted molar refractivity (Wildman–Crippen MR) is 109 cm³/mol. The van der Waals surface area contributed by atoms with E-state index in [1.807, 2.05) is 24.3 Å². The number of benzene rings is 2. The third-order valence-corrected chi connectivity index (χ3v) is 4.20. The third kappa shape index (κ3) is 7.56. The van der Waals surface area contributed by atoms with Crippen LogP contribution in [0.5, 0.6) is 0 Å². The molecule has 0 saturated carbocycles. The van der Waals surface area contributed by atoms with Crippen LogP contribution >= 0.6 is 0 Å². The Morgan fingerprint density at radius 1 is 0.933 bits per heavy atom. The van der Waals surface area contributed by atoms with E-state index in [-0.39, 0.29) is 26.2 Å². The lowest BCUT2D eigenvalue weighted by atomic mass is 10.1. The Hall–Kier alpha value is -3.39. The first-order chi connectivity index (χ1) is 14.5. The fourth-order valence-electron chi connectivity index (χ4n) is 2.69. The molecule has 160 valence electrons. The van der Waals surface area contributed by atoms with Crippen molar-refractivity contribution in [1.29, 1.82) is 0 Å². The van der Waals surface area contributed by atoms with Gasteiger partial charge in [-0.05, 0) is 18.1 Å². The van der Waals surface area contributed by atoms with Crippen LogP contribution in [0, 0.1) is 0 Å². The maximum absolute atomic E-state index is 12.7. The normalized spacial score (nSPS) is 12.3. The van der Waals surface area contributed by atoms with Gasteiger partial charge in [0.05, 0.1) is 25.7 Å². The summed E-state index contributed by atoms with van der Waals surface area (Å²) in [6.07, 6.45) is -1.21. The highest BCUT2D eigenvalue weighted by molar-refractivity contribution is 5.89. The number of nitrogens with one attached hydrogen (secondary N) is 2. The molecule has 0 aromatic heterocycles. The van der Waals surface area contributed by atoms with Gasteiger partial charge in [0, 0.05) is 0 Å². The molecule has 3 N–H and O–H groups in total. The van der Waals surface area contributed by atoms with Crippen molar-refractivity contribution in [1.82, 2.24) is 10.6 Å². The number of hydrogen-bond donors (Lipinski definition) is 3. The van der Waals surface area contributed by atoms with E-state index < -0.39 is 30.1 Å². The topological polar surface area (TPSA) is 114 Å². The van der Waals surface area contributed by atoms with Crippen LogP contribution in [0.15, 0.2) is 60.7 Å². The second-order valence-corrected chi connectivity index (χ2v) is 6.42. The molecule has 0 aliphatic carbocycles. The summed E-state index contributed by atoms with van der Waals surface area (Å²) in [7, 11) is 0. The SMILES string of the molecule is CCOC(=O)C[C@H](NC(=O)OCc1ccccc1)C(=O)N[C@@H](CO)c1ccccc1. The standard InChI is InChI=1S/C22H26N2O6/c1-2-29-20(26)13-18(24-22(28)30-15-16-9-5-3-6-10-16)21(27)23-19(14-25)17-11-7-4-8-12-17/h3-12,18-19,25H,2,13-15H2,1H3,(H,23,27)(H,24,28)/t18-,19-/m0/s1. The van der Waals surface area contributed by atoms with Crippen LogP contribution < -0.4 is 10.6 Å². The number of esters is 1. The van der Waals surface area contributed by atoms with Gasteiger partial charge in [0.25, 0.3) is 0 Å². The number of carbonyl (C=O) groups excluding carboxylic acids is 3. The Bertz CT molecular complexity index is 813. The van der Waals surface area contributed by atoms with Crippen molar-refractivity contribution in [3.8, 4) is 0 Å². The first-order valence-electron chi connectivity index (χ1n) is 9.62. The van der Waals surface area contributed by atoms with E-state index in [1.54, 1.807) is 43.3 Å². The Morgan fingerprint density at radius 3 is 2.17 bits per heavy atom. The second kappa shape index (κ2) is 12.2. The lowest BCUT2D eigenvalue weighted by Crippen LogP contribution is -2.49. The molecule has 2 aromatic carbocycles. The highest BCUT2D eigenvalue weighted by Gasteiger charge is 2.27. The number of amides is 2. The molecule has 8 nitrogen and oxygen atoms in total. The Balaban J connectivity index is 2.02. The lowest BCUT2D eigenvalue weighted by molar-refractivity contribution is -0.145. The molecular weight excluding hydrogens is 388 g/mol. The van der Waals surface area contributed by atoms with Crippen molar-refractivity contribution >= 4 is 18.0 Å². The molecule has 0 heterocycles. The summed E-state index contributed by atoms with van der Waals surface area (Å²) in [4.78, 5) is 36.8. The molecule has 0 radical (unpaired) electrons. The molecule has 2 amide bonds. The minimum Gasteiger partial charge on any atom is -0.466 e. The molecule has 0 aliphatic rings. The minimum absolute atomic E-state index is 0.0176. The molecule has 0 bridgehead atoms. The van der Waals surface area contributed by atoms with Crippen LogP contribution in [0.4, 0.5) is 4.79 Å². The number of carbonyl (C=O) groups is 3. The Morgan fingerprint density at radius 2 is 1.57 bits per heavy atom. The largest absolute Gasteiger partial charge is 0.466 e. The number of alkyl carbamates (subject to hydrolysis) is 1. The molecule has 2 aromatic rings. The Kier molecular flexibility index (Phi) is 9.33. The van der Waals surface area contributed by atoms with Crippen molar-refractivity contribution in [2.24, 2.45) is 0 Å². The molecule has 0 fully saturated rings. The smallest absolute Gasteiger partial charge is 0.408 e. The van der Waals surface area contributed by atoms with Crippen LogP contribution in [-0.4, -0.2) is 42.3 Å². The first-order valence-corrected chi connectivity index (χ1v) is 9.62. The first kappa shape index (κ1) is 22.9. The Labute approximate surface area is 175 Å². The van der Waals surface area contributed by atoms with Crippen LogP contribution in [0.3, 0.4) is 0 Å². The van der Waals surface area contributed by atoms with E-state index in [4.69, 9.17) is 9.47 Å². The summed E-state index contributed by atoms with van der Waals surface area (Å²) in [5.41, 5.74) is 1.47. The average Bonchev–Trinajstić information content (AvgIpc) is 2.77. The maximum Gasteiger partial charge on any atom is 0.408 e. The second-order valence-electron chi connectivity index (χ2n) is 6.42. The highest BCUT2D eigenvalue weighted by Crippen LogP contribution is 2.12. The van der Waals surface area contributed by atoms with Gasteiger partial charge in [0.15, 0.2) is 0 Å². The summed E-state index contributed by atoms with van der Waals surface area (Å²) in [5, 5.41) is 14.7. The average molecular weight is 414 g/mol. The monoisotopic (exact) mass is 414 g/mol. The zero-order chi connectivity index (χ0) is 21.8. The zero-order valence-corrected chi connectivity index (χ0v) is 16.7. The van der Waals surface area contributed by atoms with E-state index in [9.17, 15) is 19.5 Å². The van der Waals surface area contributed by atoms with Crippen LogP contribution in [0.2, 0.25) is 0 Å². The zero-order valence-electron chi connectivity index (χ0n) is 16.7. The fourth-order valence-corrected chi connectivity index (χ4v) is 2.69. The van der Waals surface area contributed by atoms with Gasteiger partial charge in [-0.25, -0.2) is 4.79 Å². The molecule has 0 spiro atoms. The number of hydrogen-bond acceptors (Lipinski definition) is 6. The van der Waals surface area contributed by atoms with Crippen molar-refractivity contribution in [2.45, 2.75) is 32.0 Å². The molecule has 0 unspecified atom stereocenters. The van der Waals surface area contributed by atoms with Crippen LogP contribution in [-0.2, 0) is 25.7 Å². The molecule has 0 saturated heterocycles. The summed E-state index contributed by atoms with van der Waals surface area (Å²) in [6.45, 7) is 1.46. The van der Waals surface area contributed by atoms with E-state index >= 15 is 0 Å². The molecule has 2 atom stereocenters. The summed E-state index contributed by atoms with van der Waals surface area (Å²) < 4.78 is 10.0. The van der Waals surface area contributed by atoms with E-state index in [0.29, 0.717) is 5.56 Å². The van der Waals surface area contributed by atoms with Gasteiger partial charge in [-0.1, -0.05) is 60.7 Å². The lowest BCUT2D eigenvalue weighted by Gasteiger charge is -2.22.